The van der Waals surface area contributed by atoms with Crippen LogP contribution in [0.5, 0.6) is 11.5 Å². The van der Waals surface area contributed by atoms with Gasteiger partial charge in [0.2, 0.25) is 0 Å². The normalized spacial score (nSPS) is 10.9. The van der Waals surface area contributed by atoms with E-state index in [2.05, 4.69) is 55.6 Å². The third-order valence-electron chi connectivity index (χ3n) is 6.02. The van der Waals surface area contributed by atoms with E-state index in [1.807, 2.05) is 50.2 Å². The van der Waals surface area contributed by atoms with Crippen molar-refractivity contribution in [3.63, 3.8) is 0 Å². The molecule has 0 aliphatic rings. The van der Waals surface area contributed by atoms with Crippen LogP contribution in [0.15, 0.2) is 77.5 Å². The molecule has 0 atom stereocenters. The van der Waals surface area contributed by atoms with Gasteiger partial charge in [-0.1, -0.05) is 46.3 Å². The van der Waals surface area contributed by atoms with Gasteiger partial charge in [0.05, 0.1) is 30.0 Å². The first-order chi connectivity index (χ1) is 19.0. The molecule has 5 rings (SSSR count). The van der Waals surface area contributed by atoms with E-state index < -0.39 is 0 Å². The number of anilines is 3. The smallest absolute Gasteiger partial charge is 0.255 e. The molecule has 0 aliphatic carbocycles. The van der Waals surface area contributed by atoms with E-state index in [1.165, 1.54) is 0 Å². The quantitative estimate of drug-likeness (QED) is 0.177. The number of halogens is 1. The number of nitrogens with zero attached hydrogens (tertiary/aromatic N) is 2. The number of amides is 1. The summed E-state index contributed by atoms with van der Waals surface area (Å²) >= 11 is 5.15. The molecular formula is C30H27BrN4O3S. The lowest BCUT2D eigenvalue weighted by molar-refractivity contribution is 0.102. The lowest BCUT2D eigenvalue weighted by Gasteiger charge is -2.18. The maximum Gasteiger partial charge on any atom is 0.255 e. The summed E-state index contributed by atoms with van der Waals surface area (Å²) in [6.45, 7) is 6.78. The Bertz CT molecular complexity index is 1620. The molecule has 0 aliphatic heterocycles. The number of aryl methyl sites for hydroxylation is 1. The number of hydrogen-bond donors (Lipinski definition) is 2. The molecule has 198 valence electrons. The van der Waals surface area contributed by atoms with E-state index in [-0.39, 0.29) is 5.91 Å². The predicted molar refractivity (Wildman–Crippen MR) is 162 cm³/mol. The lowest BCUT2D eigenvalue weighted by atomic mass is 10.0. The van der Waals surface area contributed by atoms with Crippen molar-refractivity contribution >= 4 is 60.6 Å². The molecule has 2 aromatic heterocycles. The van der Waals surface area contributed by atoms with Gasteiger partial charge in [-0.2, -0.15) is 0 Å². The van der Waals surface area contributed by atoms with Gasteiger partial charge in [-0.15, -0.1) is 11.3 Å². The van der Waals surface area contributed by atoms with E-state index in [9.17, 15) is 4.79 Å². The number of nitrogens with one attached hydrogen (secondary N) is 2. The van der Waals surface area contributed by atoms with E-state index in [4.69, 9.17) is 9.47 Å². The molecule has 9 heteroatoms. The molecule has 7 nitrogen and oxygen atoms in total. The highest BCUT2D eigenvalue weighted by Crippen LogP contribution is 2.43. The first-order valence-corrected chi connectivity index (χ1v) is 14.2. The average molecular weight is 604 g/mol. The summed E-state index contributed by atoms with van der Waals surface area (Å²) < 4.78 is 13.0. The highest BCUT2D eigenvalue weighted by molar-refractivity contribution is 9.10. The van der Waals surface area contributed by atoms with Gasteiger partial charge in [0.15, 0.2) is 0 Å². The topological polar surface area (TPSA) is 85.4 Å². The fourth-order valence-electron chi connectivity index (χ4n) is 4.32. The molecule has 0 saturated heterocycles. The Morgan fingerprint density at radius 3 is 2.28 bits per heavy atom. The third-order valence-corrected chi connectivity index (χ3v) is 7.56. The molecule has 1 amide bonds. The molecule has 0 saturated carbocycles. The molecule has 2 N–H and O–H groups in total. The molecule has 0 unspecified atom stereocenters. The van der Waals surface area contributed by atoms with Crippen LogP contribution in [0.2, 0.25) is 0 Å². The van der Waals surface area contributed by atoms with Crippen molar-refractivity contribution in [2.75, 3.05) is 23.8 Å². The minimum Gasteiger partial charge on any atom is -0.492 e. The minimum absolute atomic E-state index is 0.231. The van der Waals surface area contributed by atoms with Crippen LogP contribution in [0.3, 0.4) is 0 Å². The SMILES string of the molecule is CCOc1cc(Nc2ncnc3sc(C)c(-c4ccc(Br)cc4)c23)c(OCC)cc1NC(=O)c1ccccc1. The Kier molecular flexibility index (Phi) is 8.09. The summed E-state index contributed by atoms with van der Waals surface area (Å²) in [7, 11) is 0. The third kappa shape index (κ3) is 5.74. The monoisotopic (exact) mass is 602 g/mol. The van der Waals surface area contributed by atoms with Gasteiger partial charge in [-0.05, 0) is 50.6 Å². The maximum atomic E-state index is 12.9. The zero-order valence-corrected chi connectivity index (χ0v) is 24.2. The molecule has 3 aromatic carbocycles. The minimum atomic E-state index is -0.231. The Hall–Kier alpha value is -3.95. The molecule has 39 heavy (non-hydrogen) atoms. The van der Waals surface area contributed by atoms with Gasteiger partial charge in [0, 0.05) is 32.6 Å². The number of thiophene rings is 1. The summed E-state index contributed by atoms with van der Waals surface area (Å²) in [5, 5.41) is 7.38. The van der Waals surface area contributed by atoms with Crippen LogP contribution >= 0.6 is 27.3 Å². The second kappa shape index (κ2) is 11.8. The van der Waals surface area contributed by atoms with E-state index in [0.29, 0.717) is 47.5 Å². The summed E-state index contributed by atoms with van der Waals surface area (Å²) in [4.78, 5) is 24.1. The Morgan fingerprint density at radius 1 is 0.923 bits per heavy atom. The lowest BCUT2D eigenvalue weighted by Crippen LogP contribution is -2.13. The van der Waals surface area contributed by atoms with Crippen molar-refractivity contribution in [1.29, 1.82) is 0 Å². The van der Waals surface area contributed by atoms with Gasteiger partial charge < -0.3 is 20.1 Å². The molecule has 5 aromatic rings. The van der Waals surface area contributed by atoms with Crippen molar-refractivity contribution in [1.82, 2.24) is 9.97 Å². The number of ether oxygens (including phenoxy) is 2. The van der Waals surface area contributed by atoms with Crippen LogP contribution in [0.4, 0.5) is 17.2 Å². The van der Waals surface area contributed by atoms with Crippen LogP contribution < -0.4 is 20.1 Å². The number of carbonyl (C=O) groups excluding carboxylic acids is 1. The number of fused-ring (bicyclic) bond motifs is 1. The molecule has 0 bridgehead atoms. The fraction of sp³-hybridized carbons (Fsp3) is 0.167. The van der Waals surface area contributed by atoms with Crippen molar-refractivity contribution in [2.45, 2.75) is 20.8 Å². The number of rotatable bonds is 9. The van der Waals surface area contributed by atoms with Crippen LogP contribution in [-0.2, 0) is 0 Å². The van der Waals surface area contributed by atoms with Crippen LogP contribution in [0, 0.1) is 6.92 Å². The van der Waals surface area contributed by atoms with Gasteiger partial charge >= 0.3 is 0 Å². The van der Waals surface area contributed by atoms with Crippen molar-refractivity contribution < 1.29 is 14.3 Å². The Balaban J connectivity index is 1.58. The molecule has 0 spiro atoms. The number of hydrogen-bond acceptors (Lipinski definition) is 7. The molecule has 0 radical (unpaired) electrons. The zero-order valence-electron chi connectivity index (χ0n) is 21.7. The second-order valence-electron chi connectivity index (χ2n) is 8.60. The Labute approximate surface area is 239 Å². The van der Waals surface area contributed by atoms with Crippen molar-refractivity contribution in [3.8, 4) is 22.6 Å². The van der Waals surface area contributed by atoms with Gasteiger partial charge in [0.25, 0.3) is 5.91 Å². The number of carbonyl (C=O) groups is 1. The first-order valence-electron chi connectivity index (χ1n) is 12.6. The van der Waals surface area contributed by atoms with Crippen LogP contribution in [0.1, 0.15) is 29.1 Å². The summed E-state index contributed by atoms with van der Waals surface area (Å²) in [5.41, 5.74) is 3.91. The first kappa shape index (κ1) is 26.6. The van der Waals surface area contributed by atoms with Crippen LogP contribution in [0.25, 0.3) is 21.3 Å². The highest BCUT2D eigenvalue weighted by Gasteiger charge is 2.20. The van der Waals surface area contributed by atoms with E-state index in [1.54, 1.807) is 35.9 Å². The van der Waals surface area contributed by atoms with Crippen molar-refractivity contribution in [2.24, 2.45) is 0 Å². The number of benzene rings is 3. The maximum absolute atomic E-state index is 12.9. The average Bonchev–Trinajstić information content (AvgIpc) is 3.28. The van der Waals surface area contributed by atoms with Crippen molar-refractivity contribution in [3.05, 3.63) is 88.0 Å². The summed E-state index contributed by atoms with van der Waals surface area (Å²) in [6, 6.07) is 20.9. The predicted octanol–water partition coefficient (Wildman–Crippen LogP) is 8.22. The zero-order chi connectivity index (χ0) is 27.4. The van der Waals surface area contributed by atoms with Gasteiger partial charge in [0.1, 0.15) is 28.5 Å². The molecular weight excluding hydrogens is 576 g/mol. The molecule has 2 heterocycles. The van der Waals surface area contributed by atoms with Gasteiger partial charge in [-0.25, -0.2) is 9.97 Å². The van der Waals surface area contributed by atoms with Crippen LogP contribution in [-0.4, -0.2) is 29.1 Å². The summed E-state index contributed by atoms with van der Waals surface area (Å²) in [5.74, 6) is 1.51. The fourth-order valence-corrected chi connectivity index (χ4v) is 5.60. The number of aromatic nitrogens is 2. The van der Waals surface area contributed by atoms with E-state index in [0.717, 1.165) is 30.7 Å². The Morgan fingerprint density at radius 2 is 1.59 bits per heavy atom. The highest BCUT2D eigenvalue weighted by atomic mass is 79.9. The summed E-state index contributed by atoms with van der Waals surface area (Å²) in [6.07, 6.45) is 1.56. The largest absolute Gasteiger partial charge is 0.492 e. The standard InChI is InChI=1S/C30H27BrN4O3S/c1-4-37-24-16-23(35-29(36)20-9-7-6-8-10-20)25(38-5-2)15-22(24)34-28-27-26(19-11-13-21(31)14-12-19)18(3)39-30(27)33-17-32-28/h6-17H,4-5H2,1-3H3,(H,35,36)(H,32,33,34). The second-order valence-corrected chi connectivity index (χ2v) is 10.7. The molecule has 0 fully saturated rings. The van der Waals surface area contributed by atoms with E-state index >= 15 is 0 Å². The van der Waals surface area contributed by atoms with Gasteiger partial charge in [-0.3, -0.25) is 4.79 Å².